The van der Waals surface area contributed by atoms with Crippen molar-refractivity contribution >= 4 is 0 Å². The van der Waals surface area contributed by atoms with Crippen LogP contribution in [0.25, 0.3) is 0 Å². The van der Waals surface area contributed by atoms with Crippen LogP contribution in [0, 0.1) is 11.6 Å². The Labute approximate surface area is 101 Å². The fourth-order valence-electron chi connectivity index (χ4n) is 2.66. The summed E-state index contributed by atoms with van der Waals surface area (Å²) in [7, 11) is 0. The molecule has 0 radical (unpaired) electrons. The summed E-state index contributed by atoms with van der Waals surface area (Å²) in [5.41, 5.74) is 6.78. The number of hydrogen-bond acceptors (Lipinski definition) is 1. The van der Waals surface area contributed by atoms with Gasteiger partial charge in [0.15, 0.2) is 11.6 Å². The topological polar surface area (TPSA) is 26.0 Å². The molecule has 1 nitrogen and oxygen atoms in total. The van der Waals surface area contributed by atoms with Crippen LogP contribution in [-0.2, 0) is 12.0 Å². The Kier molecular flexibility index (Phi) is 3.48. The van der Waals surface area contributed by atoms with Crippen molar-refractivity contribution in [3.63, 3.8) is 0 Å². The summed E-state index contributed by atoms with van der Waals surface area (Å²) in [4.78, 5) is 0. The molecule has 0 bridgehead atoms. The molecule has 2 rings (SSSR count). The SMILES string of the molecule is CCc1cc(F)c(F)c(C2(N)CCCCC2)c1. The molecule has 1 fully saturated rings. The van der Waals surface area contributed by atoms with E-state index in [0.29, 0.717) is 12.0 Å². The van der Waals surface area contributed by atoms with E-state index in [1.807, 2.05) is 6.92 Å². The molecular formula is C14H19F2N. The predicted molar refractivity (Wildman–Crippen MR) is 64.7 cm³/mol. The summed E-state index contributed by atoms with van der Waals surface area (Å²) in [6.07, 6.45) is 5.31. The van der Waals surface area contributed by atoms with Gasteiger partial charge in [-0.15, -0.1) is 0 Å². The Bertz CT molecular complexity index is 409. The molecule has 2 N–H and O–H groups in total. The van der Waals surface area contributed by atoms with E-state index >= 15 is 0 Å². The van der Waals surface area contributed by atoms with Crippen LogP contribution in [0.15, 0.2) is 12.1 Å². The van der Waals surface area contributed by atoms with Crippen LogP contribution in [0.4, 0.5) is 8.78 Å². The highest BCUT2D eigenvalue weighted by Crippen LogP contribution is 2.37. The van der Waals surface area contributed by atoms with E-state index in [0.717, 1.165) is 37.7 Å². The normalized spacial score (nSPS) is 19.3. The van der Waals surface area contributed by atoms with E-state index in [2.05, 4.69) is 0 Å². The van der Waals surface area contributed by atoms with E-state index in [1.54, 1.807) is 6.07 Å². The first-order valence-corrected chi connectivity index (χ1v) is 6.34. The zero-order valence-electron chi connectivity index (χ0n) is 10.2. The fourth-order valence-corrected chi connectivity index (χ4v) is 2.66. The third-order valence-electron chi connectivity index (χ3n) is 3.78. The van der Waals surface area contributed by atoms with Crippen LogP contribution in [-0.4, -0.2) is 0 Å². The summed E-state index contributed by atoms with van der Waals surface area (Å²) in [5, 5.41) is 0. The van der Waals surface area contributed by atoms with Crippen molar-refractivity contribution in [1.82, 2.24) is 0 Å². The molecule has 0 aromatic heterocycles. The number of rotatable bonds is 2. The summed E-state index contributed by atoms with van der Waals surface area (Å²) in [6, 6.07) is 3.01. The number of benzene rings is 1. The summed E-state index contributed by atoms with van der Waals surface area (Å²) in [6.45, 7) is 1.93. The molecule has 0 amide bonds. The Morgan fingerprint density at radius 1 is 1.18 bits per heavy atom. The highest BCUT2D eigenvalue weighted by Gasteiger charge is 2.33. The molecule has 0 heterocycles. The maximum atomic E-state index is 13.9. The predicted octanol–water partition coefficient (Wildman–Crippen LogP) is 3.65. The highest BCUT2D eigenvalue weighted by atomic mass is 19.2. The van der Waals surface area contributed by atoms with Gasteiger partial charge in [0.1, 0.15) is 0 Å². The molecular weight excluding hydrogens is 220 g/mol. The van der Waals surface area contributed by atoms with Gasteiger partial charge in [-0.3, -0.25) is 0 Å². The van der Waals surface area contributed by atoms with Gasteiger partial charge in [-0.25, -0.2) is 8.78 Å². The number of hydrogen-bond donors (Lipinski definition) is 1. The summed E-state index contributed by atoms with van der Waals surface area (Å²) in [5.74, 6) is -1.53. The van der Waals surface area contributed by atoms with Gasteiger partial charge in [0.2, 0.25) is 0 Å². The van der Waals surface area contributed by atoms with Crippen molar-refractivity contribution < 1.29 is 8.78 Å². The van der Waals surface area contributed by atoms with Crippen molar-refractivity contribution in [1.29, 1.82) is 0 Å². The average molecular weight is 239 g/mol. The van der Waals surface area contributed by atoms with Crippen LogP contribution >= 0.6 is 0 Å². The van der Waals surface area contributed by atoms with Crippen molar-refractivity contribution in [2.24, 2.45) is 5.73 Å². The van der Waals surface area contributed by atoms with Crippen LogP contribution in [0.2, 0.25) is 0 Å². The minimum Gasteiger partial charge on any atom is -0.321 e. The molecule has 0 unspecified atom stereocenters. The first-order chi connectivity index (χ1) is 8.07. The van der Waals surface area contributed by atoms with Gasteiger partial charge in [-0.05, 0) is 30.9 Å². The zero-order chi connectivity index (χ0) is 12.5. The van der Waals surface area contributed by atoms with Gasteiger partial charge in [-0.1, -0.05) is 32.3 Å². The maximum Gasteiger partial charge on any atom is 0.163 e. The minimum absolute atomic E-state index is 0.369. The smallest absolute Gasteiger partial charge is 0.163 e. The molecule has 1 aromatic carbocycles. The van der Waals surface area contributed by atoms with Crippen molar-refractivity contribution in [3.8, 4) is 0 Å². The van der Waals surface area contributed by atoms with Crippen molar-refractivity contribution in [3.05, 3.63) is 34.9 Å². The minimum atomic E-state index is -0.769. The average Bonchev–Trinajstić information content (AvgIpc) is 2.33. The lowest BCUT2D eigenvalue weighted by atomic mass is 9.76. The second-order valence-corrected chi connectivity index (χ2v) is 5.01. The third kappa shape index (κ3) is 2.34. The van der Waals surface area contributed by atoms with Crippen molar-refractivity contribution in [2.45, 2.75) is 51.0 Å². The molecule has 1 aliphatic carbocycles. The quantitative estimate of drug-likeness (QED) is 0.837. The Morgan fingerprint density at radius 2 is 1.82 bits per heavy atom. The lowest BCUT2D eigenvalue weighted by Crippen LogP contribution is -2.39. The maximum absolute atomic E-state index is 13.9. The Morgan fingerprint density at radius 3 is 2.41 bits per heavy atom. The monoisotopic (exact) mass is 239 g/mol. The largest absolute Gasteiger partial charge is 0.321 e. The van der Waals surface area contributed by atoms with Gasteiger partial charge in [0, 0.05) is 11.1 Å². The van der Waals surface area contributed by atoms with E-state index in [-0.39, 0.29) is 0 Å². The van der Waals surface area contributed by atoms with Gasteiger partial charge < -0.3 is 5.73 Å². The molecule has 94 valence electrons. The molecule has 1 aromatic rings. The zero-order valence-corrected chi connectivity index (χ0v) is 10.2. The van der Waals surface area contributed by atoms with E-state index in [4.69, 9.17) is 5.73 Å². The van der Waals surface area contributed by atoms with Crippen LogP contribution in [0.1, 0.15) is 50.2 Å². The summed E-state index contributed by atoms with van der Waals surface area (Å²) >= 11 is 0. The van der Waals surface area contributed by atoms with Crippen LogP contribution < -0.4 is 5.73 Å². The molecule has 0 aliphatic heterocycles. The fraction of sp³-hybridized carbons (Fsp3) is 0.571. The Balaban J connectivity index is 2.45. The number of halogens is 2. The number of aryl methyl sites for hydroxylation is 1. The second kappa shape index (κ2) is 4.73. The Hall–Kier alpha value is -0.960. The molecule has 3 heteroatoms. The molecule has 0 atom stereocenters. The van der Waals surface area contributed by atoms with Crippen LogP contribution in [0.5, 0.6) is 0 Å². The third-order valence-corrected chi connectivity index (χ3v) is 3.78. The second-order valence-electron chi connectivity index (χ2n) is 5.01. The van der Waals surface area contributed by atoms with Gasteiger partial charge >= 0.3 is 0 Å². The van der Waals surface area contributed by atoms with Crippen LogP contribution in [0.3, 0.4) is 0 Å². The molecule has 1 saturated carbocycles. The highest BCUT2D eigenvalue weighted by molar-refractivity contribution is 5.32. The van der Waals surface area contributed by atoms with E-state index in [9.17, 15) is 8.78 Å². The van der Waals surface area contributed by atoms with Gasteiger partial charge in [0.05, 0.1) is 0 Å². The lowest BCUT2D eigenvalue weighted by molar-refractivity contribution is 0.289. The van der Waals surface area contributed by atoms with E-state index < -0.39 is 17.2 Å². The van der Waals surface area contributed by atoms with Crippen molar-refractivity contribution in [2.75, 3.05) is 0 Å². The summed E-state index contributed by atoms with van der Waals surface area (Å²) < 4.78 is 27.4. The first-order valence-electron chi connectivity index (χ1n) is 6.34. The lowest BCUT2D eigenvalue weighted by Gasteiger charge is -2.34. The van der Waals surface area contributed by atoms with Gasteiger partial charge in [-0.2, -0.15) is 0 Å². The van der Waals surface area contributed by atoms with Gasteiger partial charge in [0.25, 0.3) is 0 Å². The first kappa shape index (κ1) is 12.5. The molecule has 0 spiro atoms. The number of nitrogens with two attached hydrogens (primary N) is 1. The van der Waals surface area contributed by atoms with E-state index in [1.165, 1.54) is 6.07 Å². The standard InChI is InChI=1S/C14H19F2N/c1-2-10-8-11(13(16)12(15)9-10)14(17)6-4-3-5-7-14/h8-9H,2-7,17H2,1H3. The molecule has 17 heavy (non-hydrogen) atoms. The molecule has 0 saturated heterocycles. The molecule has 1 aliphatic rings.